The molecule has 0 atom stereocenters. The molecule has 0 spiro atoms. The van der Waals surface area contributed by atoms with Crippen molar-refractivity contribution in [3.8, 4) is 0 Å². The van der Waals surface area contributed by atoms with Crippen LogP contribution in [-0.2, 0) is 4.79 Å². The third-order valence-electron chi connectivity index (χ3n) is 2.70. The van der Waals surface area contributed by atoms with Crippen molar-refractivity contribution in [2.75, 3.05) is 17.2 Å². The molecule has 0 saturated heterocycles. The molecule has 19 heavy (non-hydrogen) atoms. The van der Waals surface area contributed by atoms with Gasteiger partial charge >= 0.3 is 0 Å². The number of hydrogen-bond donors (Lipinski definition) is 2. The van der Waals surface area contributed by atoms with Crippen LogP contribution in [0.5, 0.6) is 0 Å². The molecule has 0 unspecified atom stereocenters. The first-order chi connectivity index (χ1) is 9.15. The molecule has 0 heterocycles. The van der Waals surface area contributed by atoms with Gasteiger partial charge in [-0.05, 0) is 36.8 Å². The molecule has 98 valence electrons. The van der Waals surface area contributed by atoms with Gasteiger partial charge in [-0.3, -0.25) is 4.79 Å². The van der Waals surface area contributed by atoms with Gasteiger partial charge in [0.05, 0.1) is 6.54 Å². The Labute approximate surface area is 117 Å². The number of anilines is 2. The van der Waals surface area contributed by atoms with E-state index in [9.17, 15) is 4.79 Å². The predicted octanol–water partition coefficient (Wildman–Crippen LogP) is 3.70. The smallest absolute Gasteiger partial charge is 0.243 e. The number of halogens is 1. The first-order valence-corrected chi connectivity index (χ1v) is 6.38. The molecule has 0 saturated carbocycles. The zero-order chi connectivity index (χ0) is 13.7. The topological polar surface area (TPSA) is 41.1 Å². The maximum Gasteiger partial charge on any atom is 0.243 e. The number of nitrogens with one attached hydrogen (secondary N) is 2. The number of para-hydroxylation sites is 1. The van der Waals surface area contributed by atoms with E-state index >= 15 is 0 Å². The lowest BCUT2D eigenvalue weighted by molar-refractivity contribution is -0.114. The molecule has 0 bridgehead atoms. The summed E-state index contributed by atoms with van der Waals surface area (Å²) in [5.74, 6) is -0.0921. The normalized spacial score (nSPS) is 10.0. The van der Waals surface area contributed by atoms with E-state index in [2.05, 4.69) is 10.6 Å². The van der Waals surface area contributed by atoms with Gasteiger partial charge in [0, 0.05) is 16.4 Å². The summed E-state index contributed by atoms with van der Waals surface area (Å²) in [6, 6.07) is 14.9. The summed E-state index contributed by atoms with van der Waals surface area (Å²) < 4.78 is 0. The van der Waals surface area contributed by atoms with Crippen molar-refractivity contribution in [3.63, 3.8) is 0 Å². The molecular weight excluding hydrogens is 260 g/mol. The highest BCUT2D eigenvalue weighted by molar-refractivity contribution is 6.30. The van der Waals surface area contributed by atoms with Gasteiger partial charge in [0.15, 0.2) is 0 Å². The van der Waals surface area contributed by atoms with Gasteiger partial charge in [0.2, 0.25) is 5.91 Å². The SMILES string of the molecule is Cc1ccc(Cl)cc1NCC(=O)Nc1ccccc1. The zero-order valence-electron chi connectivity index (χ0n) is 10.6. The van der Waals surface area contributed by atoms with Crippen LogP contribution in [0.3, 0.4) is 0 Å². The van der Waals surface area contributed by atoms with Gasteiger partial charge < -0.3 is 10.6 Å². The standard InChI is InChI=1S/C15H15ClN2O/c1-11-7-8-12(16)9-14(11)17-10-15(19)18-13-5-3-2-4-6-13/h2-9,17H,10H2,1H3,(H,18,19). The Morgan fingerprint density at radius 3 is 2.63 bits per heavy atom. The molecule has 0 radical (unpaired) electrons. The van der Waals surface area contributed by atoms with E-state index in [0.29, 0.717) is 5.02 Å². The monoisotopic (exact) mass is 274 g/mol. The minimum Gasteiger partial charge on any atom is -0.376 e. The molecule has 2 N–H and O–H groups in total. The molecule has 0 aliphatic carbocycles. The van der Waals surface area contributed by atoms with Crippen LogP contribution in [0.15, 0.2) is 48.5 Å². The Morgan fingerprint density at radius 2 is 1.89 bits per heavy atom. The molecule has 2 aromatic carbocycles. The number of rotatable bonds is 4. The van der Waals surface area contributed by atoms with Crippen molar-refractivity contribution in [2.24, 2.45) is 0 Å². The number of carbonyl (C=O) groups excluding carboxylic acids is 1. The van der Waals surface area contributed by atoms with Crippen molar-refractivity contribution in [2.45, 2.75) is 6.92 Å². The fourth-order valence-electron chi connectivity index (χ4n) is 1.69. The summed E-state index contributed by atoms with van der Waals surface area (Å²) in [4.78, 5) is 11.8. The molecule has 1 amide bonds. The second-order valence-corrected chi connectivity index (χ2v) is 4.66. The molecule has 0 fully saturated rings. The van der Waals surface area contributed by atoms with Crippen LogP contribution in [0, 0.1) is 6.92 Å². The van der Waals surface area contributed by atoms with Crippen LogP contribution in [0.2, 0.25) is 5.02 Å². The van der Waals surface area contributed by atoms with Crippen LogP contribution in [-0.4, -0.2) is 12.5 Å². The summed E-state index contributed by atoms with van der Waals surface area (Å²) in [7, 11) is 0. The van der Waals surface area contributed by atoms with E-state index in [0.717, 1.165) is 16.9 Å². The lowest BCUT2D eigenvalue weighted by Crippen LogP contribution is -2.21. The third-order valence-corrected chi connectivity index (χ3v) is 2.93. The second-order valence-electron chi connectivity index (χ2n) is 4.23. The highest BCUT2D eigenvalue weighted by Gasteiger charge is 2.04. The van der Waals surface area contributed by atoms with Crippen LogP contribution >= 0.6 is 11.6 Å². The summed E-state index contributed by atoms with van der Waals surface area (Å²) in [5.41, 5.74) is 2.71. The van der Waals surface area contributed by atoms with Gasteiger partial charge in [-0.2, -0.15) is 0 Å². The second kappa shape index (κ2) is 6.25. The fourth-order valence-corrected chi connectivity index (χ4v) is 1.86. The van der Waals surface area contributed by atoms with E-state index in [1.807, 2.05) is 55.5 Å². The van der Waals surface area contributed by atoms with Crippen LogP contribution in [0.25, 0.3) is 0 Å². The maximum atomic E-state index is 11.8. The quantitative estimate of drug-likeness (QED) is 0.893. The molecule has 2 rings (SSSR count). The molecule has 4 heteroatoms. The summed E-state index contributed by atoms with van der Waals surface area (Å²) in [5, 5.41) is 6.54. The van der Waals surface area contributed by atoms with Gasteiger partial charge in [-0.25, -0.2) is 0 Å². The highest BCUT2D eigenvalue weighted by Crippen LogP contribution is 2.19. The number of hydrogen-bond acceptors (Lipinski definition) is 2. The van der Waals surface area contributed by atoms with E-state index in [1.165, 1.54) is 0 Å². The van der Waals surface area contributed by atoms with Crippen molar-refractivity contribution in [1.82, 2.24) is 0 Å². The molecule has 3 nitrogen and oxygen atoms in total. The van der Waals surface area contributed by atoms with Crippen LogP contribution in [0.4, 0.5) is 11.4 Å². The van der Waals surface area contributed by atoms with Gasteiger partial charge in [-0.15, -0.1) is 0 Å². The van der Waals surface area contributed by atoms with Gasteiger partial charge in [0.1, 0.15) is 0 Å². The van der Waals surface area contributed by atoms with Crippen LogP contribution in [0.1, 0.15) is 5.56 Å². The Bertz CT molecular complexity index is 570. The maximum absolute atomic E-state index is 11.8. The van der Waals surface area contributed by atoms with Gasteiger partial charge in [-0.1, -0.05) is 35.9 Å². The average Bonchev–Trinajstić information content (AvgIpc) is 2.41. The van der Waals surface area contributed by atoms with Crippen molar-refractivity contribution < 1.29 is 4.79 Å². The molecule has 0 aliphatic heterocycles. The highest BCUT2D eigenvalue weighted by atomic mass is 35.5. The summed E-state index contributed by atoms with van der Waals surface area (Å²) in [6.45, 7) is 2.17. The van der Waals surface area contributed by atoms with Crippen molar-refractivity contribution >= 4 is 28.9 Å². The van der Waals surface area contributed by atoms with Crippen molar-refractivity contribution in [1.29, 1.82) is 0 Å². The third kappa shape index (κ3) is 4.00. The Kier molecular flexibility index (Phi) is 4.42. The van der Waals surface area contributed by atoms with E-state index in [4.69, 9.17) is 11.6 Å². The average molecular weight is 275 g/mol. The Hall–Kier alpha value is -2.00. The largest absolute Gasteiger partial charge is 0.376 e. The summed E-state index contributed by atoms with van der Waals surface area (Å²) in [6.07, 6.45) is 0. The molecular formula is C15H15ClN2O. The Morgan fingerprint density at radius 1 is 1.16 bits per heavy atom. The molecule has 2 aromatic rings. The summed E-state index contributed by atoms with van der Waals surface area (Å²) >= 11 is 5.92. The molecule has 0 aromatic heterocycles. The number of amides is 1. The van der Waals surface area contributed by atoms with Gasteiger partial charge in [0.25, 0.3) is 0 Å². The minimum absolute atomic E-state index is 0.0921. The van der Waals surface area contributed by atoms with E-state index in [1.54, 1.807) is 0 Å². The molecule has 0 aliphatic rings. The number of aryl methyl sites for hydroxylation is 1. The first-order valence-electron chi connectivity index (χ1n) is 6.00. The lowest BCUT2D eigenvalue weighted by atomic mass is 10.2. The number of benzene rings is 2. The number of carbonyl (C=O) groups is 1. The Balaban J connectivity index is 1.92. The zero-order valence-corrected chi connectivity index (χ0v) is 11.4. The predicted molar refractivity (Wildman–Crippen MR) is 79.8 cm³/mol. The van der Waals surface area contributed by atoms with Crippen LogP contribution < -0.4 is 10.6 Å². The fraction of sp³-hybridized carbons (Fsp3) is 0.133. The first kappa shape index (κ1) is 13.4. The van der Waals surface area contributed by atoms with Crippen molar-refractivity contribution in [3.05, 3.63) is 59.1 Å². The van der Waals surface area contributed by atoms with E-state index < -0.39 is 0 Å². The van der Waals surface area contributed by atoms with E-state index in [-0.39, 0.29) is 12.5 Å². The lowest BCUT2D eigenvalue weighted by Gasteiger charge is -2.10. The minimum atomic E-state index is -0.0921.